The average Bonchev–Trinajstić information content (AvgIpc) is 2.41. The molecule has 0 radical (unpaired) electrons. The lowest BCUT2D eigenvalue weighted by Crippen LogP contribution is -1.99. The van der Waals surface area contributed by atoms with Crippen molar-refractivity contribution in [2.24, 2.45) is 0 Å². The summed E-state index contributed by atoms with van der Waals surface area (Å²) < 4.78 is 5.57. The molecule has 5 heteroatoms. The molecule has 0 fully saturated rings. The highest BCUT2D eigenvalue weighted by molar-refractivity contribution is 6.42. The van der Waals surface area contributed by atoms with Gasteiger partial charge in [0.15, 0.2) is 6.29 Å². The Balaban J connectivity index is 2.24. The third-order valence-corrected chi connectivity index (χ3v) is 3.68. The summed E-state index contributed by atoms with van der Waals surface area (Å²) in [5.74, 6) is 0.343. The third-order valence-electron chi connectivity index (χ3n) is 2.53. The number of carbonyl (C=O) groups excluding carboxylic acids is 1. The molecule has 0 saturated carbocycles. The van der Waals surface area contributed by atoms with Gasteiger partial charge in [-0.2, -0.15) is 0 Å². The highest BCUT2D eigenvalue weighted by atomic mass is 35.5. The molecule has 0 amide bonds. The summed E-state index contributed by atoms with van der Waals surface area (Å²) in [5, 5.41) is 1.27. The van der Waals surface area contributed by atoms with Crippen molar-refractivity contribution in [3.8, 4) is 5.75 Å². The van der Waals surface area contributed by atoms with Crippen LogP contribution >= 0.6 is 34.8 Å². The molecule has 0 heterocycles. The predicted octanol–water partition coefficient (Wildman–Crippen LogP) is 5.04. The fraction of sp³-hybridized carbons (Fsp3) is 0.0714. The fourth-order valence-electron chi connectivity index (χ4n) is 1.58. The van der Waals surface area contributed by atoms with Gasteiger partial charge < -0.3 is 4.74 Å². The summed E-state index contributed by atoms with van der Waals surface area (Å²) in [7, 11) is 0. The van der Waals surface area contributed by atoms with E-state index in [9.17, 15) is 4.79 Å². The van der Waals surface area contributed by atoms with Crippen molar-refractivity contribution in [3.63, 3.8) is 0 Å². The number of hydrogen-bond acceptors (Lipinski definition) is 2. The molecular formula is C14H9Cl3O2. The summed E-state index contributed by atoms with van der Waals surface area (Å²) in [5.41, 5.74) is 1.12. The van der Waals surface area contributed by atoms with Gasteiger partial charge in [0.1, 0.15) is 12.4 Å². The van der Waals surface area contributed by atoms with Gasteiger partial charge in [-0.05, 0) is 18.2 Å². The fourth-order valence-corrected chi connectivity index (χ4v) is 2.19. The number of ether oxygens (including phenoxy) is 1. The highest BCUT2D eigenvalue weighted by Gasteiger charge is 2.10. The second kappa shape index (κ2) is 6.29. The second-order valence-electron chi connectivity index (χ2n) is 3.78. The van der Waals surface area contributed by atoms with Gasteiger partial charge in [-0.25, -0.2) is 0 Å². The molecule has 19 heavy (non-hydrogen) atoms. The lowest BCUT2D eigenvalue weighted by Gasteiger charge is -2.11. The molecule has 0 bridgehead atoms. The van der Waals surface area contributed by atoms with Crippen LogP contribution in [0.1, 0.15) is 15.9 Å². The van der Waals surface area contributed by atoms with E-state index in [2.05, 4.69) is 0 Å². The van der Waals surface area contributed by atoms with Crippen LogP contribution in [0.2, 0.25) is 15.1 Å². The highest BCUT2D eigenvalue weighted by Crippen LogP contribution is 2.30. The van der Waals surface area contributed by atoms with Crippen LogP contribution in [-0.2, 0) is 6.61 Å². The van der Waals surface area contributed by atoms with Crippen LogP contribution in [-0.4, -0.2) is 6.29 Å². The molecule has 0 unspecified atom stereocenters. The summed E-state index contributed by atoms with van der Waals surface area (Å²) in [4.78, 5) is 10.9. The van der Waals surface area contributed by atoms with E-state index < -0.39 is 0 Å². The van der Waals surface area contributed by atoms with Crippen molar-refractivity contribution in [1.82, 2.24) is 0 Å². The van der Waals surface area contributed by atoms with E-state index in [1.165, 1.54) is 0 Å². The van der Waals surface area contributed by atoms with Gasteiger partial charge in [0.25, 0.3) is 0 Å². The Hall–Kier alpha value is -1.22. The molecule has 0 N–H and O–H groups in total. The molecule has 0 atom stereocenters. The minimum absolute atomic E-state index is 0.184. The summed E-state index contributed by atoms with van der Waals surface area (Å²) in [6, 6.07) is 10.2. The Bertz CT molecular complexity index is 612. The van der Waals surface area contributed by atoms with Crippen LogP contribution in [0.5, 0.6) is 5.75 Å². The van der Waals surface area contributed by atoms with Crippen LogP contribution in [0, 0.1) is 0 Å². The predicted molar refractivity (Wildman–Crippen MR) is 77.6 cm³/mol. The summed E-state index contributed by atoms with van der Waals surface area (Å²) >= 11 is 18.0. The maximum Gasteiger partial charge on any atom is 0.153 e. The lowest BCUT2D eigenvalue weighted by atomic mass is 10.2. The van der Waals surface area contributed by atoms with Crippen LogP contribution in [0.4, 0.5) is 0 Å². The number of aldehydes is 1. The standard InChI is InChI=1S/C14H9Cl3O2/c15-11-5-2-4-10(13(11)17)8-19-14-9(7-18)3-1-6-12(14)16/h1-7H,8H2. The number of para-hydroxylation sites is 1. The van der Waals surface area contributed by atoms with Gasteiger partial charge >= 0.3 is 0 Å². The van der Waals surface area contributed by atoms with E-state index in [0.717, 1.165) is 5.56 Å². The van der Waals surface area contributed by atoms with Gasteiger partial charge in [-0.3, -0.25) is 4.79 Å². The van der Waals surface area contributed by atoms with Crippen molar-refractivity contribution in [2.45, 2.75) is 6.61 Å². The average molecular weight is 316 g/mol. The number of carbonyl (C=O) groups is 1. The van der Waals surface area contributed by atoms with Crippen molar-refractivity contribution in [2.75, 3.05) is 0 Å². The topological polar surface area (TPSA) is 26.3 Å². The van der Waals surface area contributed by atoms with Gasteiger partial charge in [0.05, 0.1) is 20.6 Å². The molecule has 0 aliphatic rings. The molecule has 0 spiro atoms. The summed E-state index contributed by atoms with van der Waals surface area (Å²) in [6.07, 6.45) is 0.695. The third kappa shape index (κ3) is 3.21. The number of rotatable bonds is 4. The zero-order chi connectivity index (χ0) is 13.8. The lowest BCUT2D eigenvalue weighted by molar-refractivity contribution is 0.111. The van der Waals surface area contributed by atoms with Gasteiger partial charge in [-0.1, -0.05) is 53.0 Å². The Morgan fingerprint density at radius 3 is 2.42 bits per heavy atom. The monoisotopic (exact) mass is 314 g/mol. The maximum atomic E-state index is 10.9. The van der Waals surface area contributed by atoms with Gasteiger partial charge in [0.2, 0.25) is 0 Å². The van der Waals surface area contributed by atoms with E-state index in [1.54, 1.807) is 36.4 Å². The van der Waals surface area contributed by atoms with Crippen LogP contribution < -0.4 is 4.74 Å². The minimum atomic E-state index is 0.184. The first-order valence-electron chi connectivity index (χ1n) is 5.43. The zero-order valence-corrected chi connectivity index (χ0v) is 12.0. The first-order chi connectivity index (χ1) is 9.13. The minimum Gasteiger partial charge on any atom is -0.487 e. The molecule has 0 aliphatic carbocycles. The Morgan fingerprint density at radius 2 is 1.68 bits per heavy atom. The van der Waals surface area contributed by atoms with Crippen LogP contribution in [0.15, 0.2) is 36.4 Å². The molecule has 0 saturated heterocycles. The molecule has 2 rings (SSSR count). The maximum absolute atomic E-state index is 10.9. The van der Waals surface area contributed by atoms with Crippen LogP contribution in [0.3, 0.4) is 0 Å². The molecule has 2 aromatic carbocycles. The normalized spacial score (nSPS) is 10.3. The SMILES string of the molecule is O=Cc1cccc(Cl)c1OCc1cccc(Cl)c1Cl. The van der Waals surface area contributed by atoms with E-state index in [0.29, 0.717) is 32.7 Å². The Morgan fingerprint density at radius 1 is 1.00 bits per heavy atom. The molecule has 0 aliphatic heterocycles. The van der Waals surface area contributed by atoms with Gasteiger partial charge in [-0.15, -0.1) is 0 Å². The number of hydrogen-bond donors (Lipinski definition) is 0. The van der Waals surface area contributed by atoms with E-state index in [4.69, 9.17) is 39.5 Å². The summed E-state index contributed by atoms with van der Waals surface area (Å²) in [6.45, 7) is 0.184. The zero-order valence-electron chi connectivity index (χ0n) is 9.70. The number of benzene rings is 2. The van der Waals surface area contributed by atoms with E-state index >= 15 is 0 Å². The van der Waals surface area contributed by atoms with Crippen molar-refractivity contribution in [1.29, 1.82) is 0 Å². The first-order valence-corrected chi connectivity index (χ1v) is 6.56. The van der Waals surface area contributed by atoms with Crippen molar-refractivity contribution < 1.29 is 9.53 Å². The number of halogens is 3. The Labute approximate surface area is 125 Å². The largest absolute Gasteiger partial charge is 0.487 e. The van der Waals surface area contributed by atoms with E-state index in [-0.39, 0.29) is 6.61 Å². The molecule has 0 aromatic heterocycles. The van der Waals surface area contributed by atoms with Crippen LogP contribution in [0.25, 0.3) is 0 Å². The second-order valence-corrected chi connectivity index (χ2v) is 4.97. The Kier molecular flexibility index (Phi) is 4.70. The first kappa shape index (κ1) is 14.2. The van der Waals surface area contributed by atoms with Crippen molar-refractivity contribution >= 4 is 41.1 Å². The van der Waals surface area contributed by atoms with E-state index in [1.807, 2.05) is 0 Å². The molecule has 2 aromatic rings. The molecule has 98 valence electrons. The van der Waals surface area contributed by atoms with Crippen molar-refractivity contribution in [3.05, 3.63) is 62.6 Å². The van der Waals surface area contributed by atoms with Gasteiger partial charge in [0, 0.05) is 5.56 Å². The molecular weight excluding hydrogens is 307 g/mol. The molecule has 2 nitrogen and oxygen atoms in total. The quantitative estimate of drug-likeness (QED) is 0.739. The smallest absolute Gasteiger partial charge is 0.153 e.